The Labute approximate surface area is 116 Å². The molecular formula is C13H22F3NO3. The fraction of sp³-hybridized carbons (Fsp3) is 0.923. The maximum Gasteiger partial charge on any atom is 0.410 e. The van der Waals surface area contributed by atoms with Crippen molar-refractivity contribution in [1.82, 2.24) is 4.90 Å². The number of ether oxygens (including phenoxy) is 1. The fourth-order valence-corrected chi connectivity index (χ4v) is 2.33. The van der Waals surface area contributed by atoms with Crippen LogP contribution in [0.15, 0.2) is 0 Å². The number of aliphatic hydroxyl groups is 1. The number of likely N-dealkylation sites (tertiary alicyclic amines) is 1. The number of halogens is 3. The highest BCUT2D eigenvalue weighted by molar-refractivity contribution is 5.68. The van der Waals surface area contributed by atoms with Gasteiger partial charge in [-0.15, -0.1) is 0 Å². The van der Waals surface area contributed by atoms with Crippen LogP contribution in [0.3, 0.4) is 0 Å². The molecule has 0 unspecified atom stereocenters. The fourth-order valence-electron chi connectivity index (χ4n) is 2.33. The summed E-state index contributed by atoms with van der Waals surface area (Å²) in [7, 11) is 0. The van der Waals surface area contributed by atoms with Crippen molar-refractivity contribution < 1.29 is 27.8 Å². The number of aliphatic hydroxyl groups excluding tert-OH is 1. The second-order valence-electron chi connectivity index (χ2n) is 6.14. The molecule has 0 aromatic carbocycles. The molecule has 1 fully saturated rings. The highest BCUT2D eigenvalue weighted by Gasteiger charge is 2.45. The minimum atomic E-state index is -4.40. The van der Waals surface area contributed by atoms with E-state index in [-0.39, 0.29) is 25.9 Å². The predicted octanol–water partition coefficient (Wildman–Crippen LogP) is 2.80. The third-order valence-corrected chi connectivity index (χ3v) is 3.38. The van der Waals surface area contributed by atoms with Crippen molar-refractivity contribution >= 4 is 6.09 Å². The predicted molar refractivity (Wildman–Crippen MR) is 67.2 cm³/mol. The van der Waals surface area contributed by atoms with E-state index in [0.29, 0.717) is 0 Å². The first-order valence-electron chi connectivity index (χ1n) is 6.70. The average molecular weight is 297 g/mol. The molecule has 1 rings (SSSR count). The van der Waals surface area contributed by atoms with Gasteiger partial charge in [-0.1, -0.05) is 0 Å². The molecule has 0 aliphatic carbocycles. The Morgan fingerprint density at radius 3 is 2.15 bits per heavy atom. The molecule has 20 heavy (non-hydrogen) atoms. The monoisotopic (exact) mass is 297 g/mol. The van der Waals surface area contributed by atoms with Crippen molar-refractivity contribution in [3.63, 3.8) is 0 Å². The van der Waals surface area contributed by atoms with Crippen molar-refractivity contribution in [3.05, 3.63) is 0 Å². The number of piperidine rings is 1. The Bertz CT molecular complexity index is 331. The van der Waals surface area contributed by atoms with Gasteiger partial charge in [-0.2, -0.15) is 13.2 Å². The molecule has 1 aliphatic heterocycles. The summed E-state index contributed by atoms with van der Waals surface area (Å²) >= 11 is 0. The number of hydrogen-bond acceptors (Lipinski definition) is 3. The van der Waals surface area contributed by atoms with Crippen LogP contribution in [0.1, 0.15) is 33.6 Å². The summed E-state index contributed by atoms with van der Waals surface area (Å²) in [5.41, 5.74) is -0.618. The van der Waals surface area contributed by atoms with Gasteiger partial charge in [-0.05, 0) is 39.5 Å². The summed E-state index contributed by atoms with van der Waals surface area (Å²) < 4.78 is 43.3. The van der Waals surface area contributed by atoms with Gasteiger partial charge in [0.25, 0.3) is 0 Å². The van der Waals surface area contributed by atoms with E-state index in [0.717, 1.165) is 0 Å². The van der Waals surface area contributed by atoms with Crippen LogP contribution in [-0.2, 0) is 4.74 Å². The Hall–Kier alpha value is -0.980. The van der Waals surface area contributed by atoms with E-state index in [1.54, 1.807) is 20.8 Å². The molecule has 1 N–H and O–H groups in total. The van der Waals surface area contributed by atoms with Crippen molar-refractivity contribution in [2.75, 3.05) is 19.7 Å². The van der Waals surface area contributed by atoms with E-state index in [2.05, 4.69) is 0 Å². The lowest BCUT2D eigenvalue weighted by Gasteiger charge is -2.36. The number of hydrogen-bond donors (Lipinski definition) is 1. The lowest BCUT2D eigenvalue weighted by molar-refractivity contribution is -0.201. The molecule has 4 nitrogen and oxygen atoms in total. The maximum atomic E-state index is 12.7. The van der Waals surface area contributed by atoms with E-state index in [1.165, 1.54) is 4.90 Å². The van der Waals surface area contributed by atoms with Crippen molar-refractivity contribution in [2.24, 2.45) is 11.8 Å². The Morgan fingerprint density at radius 2 is 1.80 bits per heavy atom. The SMILES string of the molecule is CC(C)(C)OC(=O)N1CCC([C@@H](CO)C(F)(F)F)CC1. The molecule has 0 radical (unpaired) electrons. The zero-order valence-electron chi connectivity index (χ0n) is 12.0. The van der Waals surface area contributed by atoms with Gasteiger partial charge in [-0.25, -0.2) is 4.79 Å². The minimum Gasteiger partial charge on any atom is -0.444 e. The van der Waals surface area contributed by atoms with E-state index >= 15 is 0 Å². The molecular weight excluding hydrogens is 275 g/mol. The molecule has 1 aliphatic rings. The zero-order valence-corrected chi connectivity index (χ0v) is 12.0. The van der Waals surface area contributed by atoms with Crippen LogP contribution in [0.25, 0.3) is 0 Å². The quantitative estimate of drug-likeness (QED) is 0.852. The van der Waals surface area contributed by atoms with Gasteiger partial charge in [-0.3, -0.25) is 0 Å². The molecule has 0 bridgehead atoms. The largest absolute Gasteiger partial charge is 0.444 e. The first-order valence-corrected chi connectivity index (χ1v) is 6.70. The number of carbonyl (C=O) groups excluding carboxylic acids is 1. The molecule has 0 saturated carbocycles. The molecule has 1 saturated heterocycles. The third kappa shape index (κ3) is 4.85. The standard InChI is InChI=1S/C13H22F3NO3/c1-12(2,3)20-11(19)17-6-4-9(5-7-17)10(8-18)13(14,15)16/h9-10,18H,4-8H2,1-3H3/t10-/m1/s1. The second kappa shape index (κ2) is 6.20. The summed E-state index contributed by atoms with van der Waals surface area (Å²) in [6, 6.07) is 0. The van der Waals surface area contributed by atoms with Crippen LogP contribution in [0.4, 0.5) is 18.0 Å². The highest BCUT2D eigenvalue weighted by Crippen LogP contribution is 2.37. The Balaban J connectivity index is 2.53. The van der Waals surface area contributed by atoms with Gasteiger partial charge < -0.3 is 14.7 Å². The maximum absolute atomic E-state index is 12.7. The number of nitrogens with zero attached hydrogens (tertiary/aromatic N) is 1. The van der Waals surface area contributed by atoms with Crippen LogP contribution >= 0.6 is 0 Å². The molecule has 0 spiro atoms. The Kier molecular flexibility index (Phi) is 5.29. The van der Waals surface area contributed by atoms with Crippen LogP contribution in [0.5, 0.6) is 0 Å². The van der Waals surface area contributed by atoms with Gasteiger partial charge in [0, 0.05) is 13.1 Å². The highest BCUT2D eigenvalue weighted by atomic mass is 19.4. The first kappa shape index (κ1) is 17.1. The molecule has 1 heterocycles. The van der Waals surface area contributed by atoms with E-state index < -0.39 is 36.3 Å². The molecule has 118 valence electrons. The second-order valence-corrected chi connectivity index (χ2v) is 6.14. The van der Waals surface area contributed by atoms with Gasteiger partial charge in [0.1, 0.15) is 5.60 Å². The normalized spacial score (nSPS) is 19.9. The zero-order chi connectivity index (χ0) is 15.6. The van der Waals surface area contributed by atoms with Crippen LogP contribution in [0.2, 0.25) is 0 Å². The molecule has 0 aromatic heterocycles. The van der Waals surface area contributed by atoms with Gasteiger partial charge in [0.15, 0.2) is 0 Å². The number of carbonyl (C=O) groups is 1. The molecule has 7 heteroatoms. The average Bonchev–Trinajstić information content (AvgIpc) is 2.26. The topological polar surface area (TPSA) is 49.8 Å². The first-order chi connectivity index (χ1) is 9.04. The molecule has 1 amide bonds. The Morgan fingerprint density at radius 1 is 1.30 bits per heavy atom. The summed E-state index contributed by atoms with van der Waals surface area (Å²) in [5.74, 6) is -2.35. The van der Waals surface area contributed by atoms with Gasteiger partial charge >= 0.3 is 12.3 Å². The summed E-state index contributed by atoms with van der Waals surface area (Å²) in [4.78, 5) is 13.2. The molecule has 1 atom stereocenters. The minimum absolute atomic E-state index is 0.226. The smallest absolute Gasteiger partial charge is 0.410 e. The van der Waals surface area contributed by atoms with Crippen molar-refractivity contribution in [2.45, 2.75) is 45.4 Å². The summed E-state index contributed by atoms with van der Waals surface area (Å²) in [5, 5.41) is 8.92. The van der Waals surface area contributed by atoms with Crippen LogP contribution < -0.4 is 0 Å². The number of alkyl halides is 3. The third-order valence-electron chi connectivity index (χ3n) is 3.38. The van der Waals surface area contributed by atoms with Crippen molar-refractivity contribution in [3.8, 4) is 0 Å². The van der Waals surface area contributed by atoms with Gasteiger partial charge in [0.05, 0.1) is 12.5 Å². The number of amides is 1. The van der Waals surface area contributed by atoms with E-state index in [9.17, 15) is 18.0 Å². The van der Waals surface area contributed by atoms with Crippen molar-refractivity contribution in [1.29, 1.82) is 0 Å². The van der Waals surface area contributed by atoms with E-state index in [4.69, 9.17) is 9.84 Å². The van der Waals surface area contributed by atoms with Gasteiger partial charge in [0.2, 0.25) is 0 Å². The lowest BCUT2D eigenvalue weighted by Crippen LogP contribution is -2.45. The van der Waals surface area contributed by atoms with Crippen LogP contribution in [-0.4, -0.2) is 47.6 Å². The lowest BCUT2D eigenvalue weighted by atomic mass is 9.84. The summed E-state index contributed by atoms with van der Waals surface area (Å²) in [6.45, 7) is 4.77. The number of rotatable bonds is 2. The van der Waals surface area contributed by atoms with Crippen LogP contribution in [0, 0.1) is 11.8 Å². The summed E-state index contributed by atoms with van der Waals surface area (Å²) in [6.07, 6.45) is -4.44. The molecule has 0 aromatic rings. The van der Waals surface area contributed by atoms with E-state index in [1.807, 2.05) is 0 Å².